The number of methoxy groups -OCH3 is 1. The molecule has 13 heteroatoms. The largest absolute Gasteiger partial charge is 0.507 e. The maximum Gasteiger partial charge on any atom is 0.229 e. The number of phenolic OH excluding ortho intramolecular Hbond substituents is 3. The Bertz CT molecular complexity index is 1680. The highest BCUT2D eigenvalue weighted by molar-refractivity contribution is 6.32. The number of aryl methyl sites for hydroxylation is 1. The Labute approximate surface area is 243 Å². The molecule has 0 radical (unpaired) electrons. The fraction of sp³-hybridized carbons (Fsp3) is 0.300. The summed E-state index contributed by atoms with van der Waals surface area (Å²) in [6.45, 7) is 1.84. The van der Waals surface area contributed by atoms with E-state index in [-0.39, 0.29) is 50.4 Å². The van der Waals surface area contributed by atoms with Gasteiger partial charge in [0.15, 0.2) is 11.6 Å². The Balaban J connectivity index is 1.82. The zero-order valence-corrected chi connectivity index (χ0v) is 23.1. The maximum atomic E-state index is 13.9. The molecule has 1 heterocycles. The summed E-state index contributed by atoms with van der Waals surface area (Å²) in [5.41, 5.74) is -2.00. The van der Waals surface area contributed by atoms with E-state index >= 15 is 0 Å². The summed E-state index contributed by atoms with van der Waals surface area (Å²) in [5.74, 6) is -4.69. The quantitative estimate of drug-likeness (QED) is 0.154. The van der Waals surface area contributed by atoms with Gasteiger partial charge >= 0.3 is 0 Å². The van der Waals surface area contributed by atoms with Crippen LogP contribution >= 0.6 is 0 Å². The lowest BCUT2D eigenvalue weighted by Crippen LogP contribution is -2.60. The molecule has 1 aliphatic heterocycles. The van der Waals surface area contributed by atoms with E-state index in [1.54, 1.807) is 0 Å². The van der Waals surface area contributed by atoms with Gasteiger partial charge in [0.1, 0.15) is 58.7 Å². The maximum absolute atomic E-state index is 13.9. The van der Waals surface area contributed by atoms with Crippen molar-refractivity contribution in [1.82, 2.24) is 0 Å². The minimum Gasteiger partial charge on any atom is -0.507 e. The fourth-order valence-corrected chi connectivity index (χ4v) is 5.55. The summed E-state index contributed by atoms with van der Waals surface area (Å²) in [6.07, 6.45) is -8.51. The predicted molar refractivity (Wildman–Crippen MR) is 146 cm³/mol. The van der Waals surface area contributed by atoms with E-state index in [1.165, 1.54) is 32.2 Å². The number of carbonyl (C=O) groups excluding carboxylic acids is 3. The van der Waals surface area contributed by atoms with Gasteiger partial charge in [-0.3, -0.25) is 14.4 Å². The first-order valence-electron chi connectivity index (χ1n) is 13.0. The van der Waals surface area contributed by atoms with Crippen molar-refractivity contribution < 1.29 is 64.3 Å². The number of Topliss-reactive ketones (excluding diaryl/α,β-unsaturated/α-hetero) is 1. The van der Waals surface area contributed by atoms with Crippen LogP contribution in [0.5, 0.6) is 28.7 Å². The number of fused-ring (bicyclic) bond motifs is 2. The normalized spacial score (nSPS) is 23.0. The summed E-state index contributed by atoms with van der Waals surface area (Å²) in [7, 11) is 1.21. The average Bonchev–Trinajstić information content (AvgIpc) is 2.96. The number of phenols is 3. The standard InChI is InChI=1S/C30H28O13/c1-10-7-14(34)21-23(24(35)12-5-4-6-13(33)20(12)27(21)38)18(10)22-16(8-15(41-3)19(11(2)32)26(22)37)42-30-29(40)28(39)25(36)17(9-31)43-30/h4-8,17,25,28-31,33-34,36-37,39-40H,9H2,1-3H3/t17-,25-,28+,29-,30-/m0/s1. The monoisotopic (exact) mass is 596 g/mol. The van der Waals surface area contributed by atoms with E-state index < -0.39 is 77.5 Å². The topological polar surface area (TPSA) is 221 Å². The van der Waals surface area contributed by atoms with Gasteiger partial charge in [-0.05, 0) is 31.5 Å². The molecule has 3 aromatic rings. The van der Waals surface area contributed by atoms with Gasteiger partial charge in [-0.1, -0.05) is 12.1 Å². The van der Waals surface area contributed by atoms with Crippen LogP contribution in [0, 0.1) is 6.92 Å². The molecule has 1 fully saturated rings. The van der Waals surface area contributed by atoms with Crippen LogP contribution in [0.25, 0.3) is 11.1 Å². The molecule has 1 aliphatic carbocycles. The molecular formula is C30H28O13. The third kappa shape index (κ3) is 4.58. The first-order valence-corrected chi connectivity index (χ1v) is 13.0. The number of aliphatic hydroxyl groups excluding tert-OH is 4. The van der Waals surface area contributed by atoms with Gasteiger partial charge in [-0.15, -0.1) is 0 Å². The molecule has 0 saturated carbocycles. The number of ketones is 3. The Kier molecular flexibility index (Phi) is 7.62. The van der Waals surface area contributed by atoms with E-state index in [4.69, 9.17) is 14.2 Å². The first kappa shape index (κ1) is 29.9. The van der Waals surface area contributed by atoms with E-state index in [0.717, 1.165) is 19.1 Å². The molecule has 1 saturated heterocycles. The van der Waals surface area contributed by atoms with Gasteiger partial charge in [0.2, 0.25) is 12.1 Å². The highest BCUT2D eigenvalue weighted by Crippen LogP contribution is 2.51. The van der Waals surface area contributed by atoms with Crippen LogP contribution in [-0.2, 0) is 4.74 Å². The van der Waals surface area contributed by atoms with E-state index in [2.05, 4.69) is 0 Å². The van der Waals surface area contributed by atoms with Gasteiger partial charge in [0, 0.05) is 22.8 Å². The van der Waals surface area contributed by atoms with Crippen molar-refractivity contribution in [2.75, 3.05) is 13.7 Å². The van der Waals surface area contributed by atoms with Crippen LogP contribution in [0.3, 0.4) is 0 Å². The van der Waals surface area contributed by atoms with Crippen molar-refractivity contribution in [3.63, 3.8) is 0 Å². The summed E-state index contributed by atoms with van der Waals surface area (Å²) in [6, 6.07) is 6.18. The Morgan fingerprint density at radius 1 is 0.860 bits per heavy atom. The molecule has 0 amide bonds. The van der Waals surface area contributed by atoms with Crippen LogP contribution in [0.2, 0.25) is 0 Å². The SMILES string of the molecule is COc1cc(O[C@H]2O[C@@H](CO)[C@H](O)[C@@H](O)[C@@H]2O)c(-c2c(C)cc(O)c3c2C(=O)c2cccc(O)c2C3=O)c(O)c1C(C)=O. The lowest BCUT2D eigenvalue weighted by atomic mass is 9.77. The zero-order valence-electron chi connectivity index (χ0n) is 23.1. The molecule has 0 spiro atoms. The lowest BCUT2D eigenvalue weighted by molar-refractivity contribution is -0.277. The first-order chi connectivity index (χ1) is 20.3. The number of ether oxygens (including phenoxy) is 3. The number of aromatic hydroxyl groups is 3. The zero-order chi connectivity index (χ0) is 31.5. The second kappa shape index (κ2) is 10.9. The molecule has 0 aromatic heterocycles. The highest BCUT2D eigenvalue weighted by Gasteiger charge is 2.46. The lowest BCUT2D eigenvalue weighted by Gasteiger charge is -2.40. The summed E-state index contributed by atoms with van der Waals surface area (Å²) >= 11 is 0. The summed E-state index contributed by atoms with van der Waals surface area (Å²) in [4.78, 5) is 40.2. The van der Waals surface area contributed by atoms with Gasteiger partial charge in [-0.2, -0.15) is 0 Å². The third-order valence-corrected chi connectivity index (χ3v) is 7.61. The second-order valence-corrected chi connectivity index (χ2v) is 10.2. The minimum atomic E-state index is -1.88. The summed E-state index contributed by atoms with van der Waals surface area (Å²) in [5, 5.41) is 73.5. The third-order valence-electron chi connectivity index (χ3n) is 7.61. The molecule has 0 bridgehead atoms. The molecule has 226 valence electrons. The van der Waals surface area contributed by atoms with Crippen molar-refractivity contribution in [3.8, 4) is 39.9 Å². The van der Waals surface area contributed by atoms with E-state index in [1.807, 2.05) is 0 Å². The van der Waals surface area contributed by atoms with Crippen LogP contribution in [0.15, 0.2) is 30.3 Å². The number of rotatable bonds is 6. The van der Waals surface area contributed by atoms with Crippen molar-refractivity contribution in [1.29, 1.82) is 0 Å². The minimum absolute atomic E-state index is 0.137. The number of benzene rings is 3. The van der Waals surface area contributed by atoms with Gasteiger partial charge < -0.3 is 50.0 Å². The van der Waals surface area contributed by atoms with E-state index in [0.29, 0.717) is 0 Å². The van der Waals surface area contributed by atoms with Crippen LogP contribution in [-0.4, -0.2) is 97.5 Å². The van der Waals surface area contributed by atoms with Crippen LogP contribution < -0.4 is 9.47 Å². The van der Waals surface area contributed by atoms with Gasteiger partial charge in [0.25, 0.3) is 0 Å². The van der Waals surface area contributed by atoms with Crippen molar-refractivity contribution >= 4 is 17.3 Å². The average molecular weight is 597 g/mol. The Hall–Kier alpha value is -4.53. The molecule has 2 aliphatic rings. The predicted octanol–water partition coefficient (Wildman–Crippen LogP) is 0.944. The Morgan fingerprint density at radius 3 is 2.19 bits per heavy atom. The number of hydrogen-bond acceptors (Lipinski definition) is 13. The number of hydrogen-bond donors (Lipinski definition) is 7. The number of carbonyl (C=O) groups is 3. The van der Waals surface area contributed by atoms with Crippen molar-refractivity contribution in [2.24, 2.45) is 0 Å². The molecule has 0 unspecified atom stereocenters. The molecular weight excluding hydrogens is 568 g/mol. The molecule has 13 nitrogen and oxygen atoms in total. The van der Waals surface area contributed by atoms with Gasteiger partial charge in [0.05, 0.1) is 30.4 Å². The van der Waals surface area contributed by atoms with Crippen molar-refractivity contribution in [2.45, 2.75) is 44.6 Å². The Morgan fingerprint density at radius 2 is 1.56 bits per heavy atom. The van der Waals surface area contributed by atoms with Crippen molar-refractivity contribution in [3.05, 3.63) is 63.7 Å². The van der Waals surface area contributed by atoms with Gasteiger partial charge in [-0.25, -0.2) is 0 Å². The smallest absolute Gasteiger partial charge is 0.229 e. The summed E-state index contributed by atoms with van der Waals surface area (Å²) < 4.78 is 16.6. The fourth-order valence-electron chi connectivity index (χ4n) is 5.55. The highest BCUT2D eigenvalue weighted by atomic mass is 16.7. The molecule has 3 aromatic carbocycles. The molecule has 5 atom stereocenters. The number of aliphatic hydroxyl groups is 4. The molecule has 43 heavy (non-hydrogen) atoms. The molecule has 5 rings (SSSR count). The van der Waals surface area contributed by atoms with E-state index in [9.17, 15) is 50.1 Å². The van der Waals surface area contributed by atoms with Crippen LogP contribution in [0.1, 0.15) is 54.7 Å². The second-order valence-electron chi connectivity index (χ2n) is 10.2. The van der Waals surface area contributed by atoms with Crippen LogP contribution in [0.4, 0.5) is 0 Å². The molecule has 7 N–H and O–H groups in total.